The van der Waals surface area contributed by atoms with Crippen molar-refractivity contribution in [1.82, 2.24) is 4.98 Å². The molecule has 0 unspecified atom stereocenters. The van der Waals surface area contributed by atoms with Crippen LogP contribution in [0.4, 0.5) is 0 Å². The van der Waals surface area contributed by atoms with Gasteiger partial charge in [0, 0.05) is 28.6 Å². The number of aromatic nitrogens is 1. The normalized spacial score (nSPS) is 9.44. The van der Waals surface area contributed by atoms with E-state index in [1.807, 2.05) is 31.2 Å². The highest BCUT2D eigenvalue weighted by Gasteiger charge is 1.99. The van der Waals surface area contributed by atoms with Crippen LogP contribution in [-0.4, -0.2) is 4.98 Å². The third-order valence-corrected chi connectivity index (χ3v) is 2.79. The van der Waals surface area contributed by atoms with Gasteiger partial charge in [0.2, 0.25) is 0 Å². The van der Waals surface area contributed by atoms with E-state index in [-0.39, 0.29) is 0 Å². The van der Waals surface area contributed by atoms with Crippen molar-refractivity contribution in [1.29, 1.82) is 0 Å². The first-order chi connectivity index (χ1) is 8.70. The molecule has 2 rings (SSSR count). The third-order valence-electron chi connectivity index (χ3n) is 2.79. The van der Waals surface area contributed by atoms with Crippen LogP contribution >= 0.6 is 0 Å². The molecule has 1 aromatic carbocycles. The van der Waals surface area contributed by atoms with E-state index < -0.39 is 0 Å². The fourth-order valence-electron chi connectivity index (χ4n) is 1.72. The first-order valence-corrected chi connectivity index (χ1v) is 5.87. The minimum atomic E-state index is 0.959. The van der Waals surface area contributed by atoms with Crippen molar-refractivity contribution < 1.29 is 0 Å². The van der Waals surface area contributed by atoms with Crippen LogP contribution in [-0.2, 0) is 0 Å². The Morgan fingerprint density at radius 1 is 1.06 bits per heavy atom. The quantitative estimate of drug-likeness (QED) is 0.684. The molecule has 0 saturated carbocycles. The van der Waals surface area contributed by atoms with Gasteiger partial charge in [-0.25, -0.2) is 0 Å². The topological polar surface area (TPSA) is 12.9 Å². The van der Waals surface area contributed by atoms with E-state index >= 15 is 0 Å². The van der Waals surface area contributed by atoms with E-state index in [1.165, 1.54) is 5.56 Å². The monoisotopic (exact) mass is 233 g/mol. The van der Waals surface area contributed by atoms with Gasteiger partial charge in [-0.05, 0) is 32.0 Å². The highest BCUT2D eigenvalue weighted by atomic mass is 14.7. The number of benzene rings is 1. The molecule has 1 heterocycles. The van der Waals surface area contributed by atoms with Crippen LogP contribution in [0.1, 0.15) is 27.9 Å². The summed E-state index contributed by atoms with van der Waals surface area (Å²) in [5, 5.41) is 0. The molecule has 0 saturated heterocycles. The van der Waals surface area contributed by atoms with Gasteiger partial charge in [0.15, 0.2) is 0 Å². The van der Waals surface area contributed by atoms with Crippen molar-refractivity contribution in [2.45, 2.75) is 13.8 Å². The smallest absolute Gasteiger partial charge is 0.0457 e. The summed E-state index contributed by atoms with van der Waals surface area (Å²) in [5.41, 5.74) is 5.20. The fourth-order valence-corrected chi connectivity index (χ4v) is 1.72. The van der Waals surface area contributed by atoms with E-state index in [4.69, 9.17) is 0 Å². The molecule has 2 aromatic rings. The first-order valence-electron chi connectivity index (χ1n) is 5.87. The first kappa shape index (κ1) is 12.1. The molecule has 0 aliphatic rings. The summed E-state index contributed by atoms with van der Waals surface area (Å²) in [4.78, 5) is 4.24. The van der Waals surface area contributed by atoms with Crippen molar-refractivity contribution in [3.05, 3.63) is 71.1 Å². The van der Waals surface area contributed by atoms with Crippen LogP contribution in [0.3, 0.4) is 0 Å². The predicted octanol–water partition coefficient (Wildman–Crippen LogP) is 3.74. The second-order valence-electron chi connectivity index (χ2n) is 4.18. The SMILES string of the molecule is C=Cc1c(C#Cc2ccc(C)cc2)ccnc1C. The van der Waals surface area contributed by atoms with Crippen molar-refractivity contribution in [2.75, 3.05) is 0 Å². The number of rotatable bonds is 1. The van der Waals surface area contributed by atoms with Gasteiger partial charge in [-0.3, -0.25) is 4.98 Å². The van der Waals surface area contributed by atoms with Crippen LogP contribution < -0.4 is 0 Å². The fraction of sp³-hybridized carbons (Fsp3) is 0.118. The molecule has 0 aliphatic carbocycles. The molecule has 0 N–H and O–H groups in total. The molecular weight excluding hydrogens is 218 g/mol. The lowest BCUT2D eigenvalue weighted by molar-refractivity contribution is 1.18. The van der Waals surface area contributed by atoms with Gasteiger partial charge in [-0.1, -0.05) is 42.2 Å². The Hall–Kier alpha value is -2.33. The molecule has 1 aromatic heterocycles. The average Bonchev–Trinajstić information content (AvgIpc) is 2.38. The zero-order valence-electron chi connectivity index (χ0n) is 10.7. The summed E-state index contributed by atoms with van der Waals surface area (Å²) in [6.07, 6.45) is 3.59. The lowest BCUT2D eigenvalue weighted by Crippen LogP contribution is -1.90. The Kier molecular flexibility index (Phi) is 3.60. The molecule has 88 valence electrons. The highest BCUT2D eigenvalue weighted by Crippen LogP contribution is 2.12. The Bertz CT molecular complexity index is 625. The maximum atomic E-state index is 4.24. The Labute approximate surface area is 108 Å². The standard InChI is InChI=1S/C17H15N/c1-4-17-14(3)18-12-11-16(17)10-9-15-7-5-13(2)6-8-15/h4-8,11-12H,1H2,2-3H3. The highest BCUT2D eigenvalue weighted by molar-refractivity contribution is 5.60. The van der Waals surface area contributed by atoms with Gasteiger partial charge in [-0.15, -0.1) is 0 Å². The lowest BCUT2D eigenvalue weighted by atomic mass is 10.1. The summed E-state index contributed by atoms with van der Waals surface area (Å²) in [7, 11) is 0. The van der Waals surface area contributed by atoms with Crippen molar-refractivity contribution in [3.63, 3.8) is 0 Å². The molecule has 0 fully saturated rings. The zero-order valence-corrected chi connectivity index (χ0v) is 10.7. The average molecular weight is 233 g/mol. The van der Waals surface area contributed by atoms with Gasteiger partial charge < -0.3 is 0 Å². The summed E-state index contributed by atoms with van der Waals surface area (Å²) < 4.78 is 0. The number of pyridine rings is 1. The number of nitrogens with zero attached hydrogens (tertiary/aromatic N) is 1. The number of hydrogen-bond acceptors (Lipinski definition) is 1. The summed E-state index contributed by atoms with van der Waals surface area (Å²) in [5.74, 6) is 6.34. The van der Waals surface area contributed by atoms with Crippen molar-refractivity contribution >= 4 is 6.08 Å². The zero-order chi connectivity index (χ0) is 13.0. The Morgan fingerprint density at radius 3 is 2.44 bits per heavy atom. The van der Waals surface area contributed by atoms with E-state index in [1.54, 1.807) is 6.20 Å². The Morgan fingerprint density at radius 2 is 1.78 bits per heavy atom. The van der Waals surface area contributed by atoms with E-state index in [0.717, 1.165) is 22.4 Å². The molecule has 0 atom stereocenters. The second kappa shape index (κ2) is 5.33. The summed E-state index contributed by atoms with van der Waals surface area (Å²) >= 11 is 0. The van der Waals surface area contributed by atoms with Gasteiger partial charge in [0.1, 0.15) is 0 Å². The van der Waals surface area contributed by atoms with Crippen LogP contribution in [0.5, 0.6) is 0 Å². The maximum Gasteiger partial charge on any atom is 0.0457 e. The van der Waals surface area contributed by atoms with E-state index in [2.05, 4.69) is 42.5 Å². The van der Waals surface area contributed by atoms with Crippen LogP contribution in [0.15, 0.2) is 43.1 Å². The molecule has 0 spiro atoms. The van der Waals surface area contributed by atoms with E-state index in [9.17, 15) is 0 Å². The number of hydrogen-bond donors (Lipinski definition) is 0. The minimum absolute atomic E-state index is 0.959. The lowest BCUT2D eigenvalue weighted by Gasteiger charge is -2.01. The van der Waals surface area contributed by atoms with Gasteiger partial charge in [0.25, 0.3) is 0 Å². The van der Waals surface area contributed by atoms with Crippen LogP contribution in [0, 0.1) is 25.7 Å². The minimum Gasteiger partial charge on any atom is -0.261 e. The molecular formula is C17H15N. The summed E-state index contributed by atoms with van der Waals surface area (Å²) in [6, 6.07) is 10.1. The van der Waals surface area contributed by atoms with Gasteiger partial charge >= 0.3 is 0 Å². The second-order valence-corrected chi connectivity index (χ2v) is 4.18. The largest absolute Gasteiger partial charge is 0.261 e. The Balaban J connectivity index is 2.38. The molecule has 0 amide bonds. The third kappa shape index (κ3) is 2.67. The van der Waals surface area contributed by atoms with E-state index in [0.29, 0.717) is 0 Å². The van der Waals surface area contributed by atoms with Crippen molar-refractivity contribution in [2.24, 2.45) is 0 Å². The molecule has 18 heavy (non-hydrogen) atoms. The molecule has 0 aliphatic heterocycles. The predicted molar refractivity (Wildman–Crippen MR) is 76.2 cm³/mol. The molecule has 0 bridgehead atoms. The van der Waals surface area contributed by atoms with Gasteiger partial charge in [0.05, 0.1) is 0 Å². The summed E-state index contributed by atoms with van der Waals surface area (Å²) in [6.45, 7) is 7.85. The van der Waals surface area contributed by atoms with Gasteiger partial charge in [-0.2, -0.15) is 0 Å². The van der Waals surface area contributed by atoms with Crippen molar-refractivity contribution in [3.8, 4) is 11.8 Å². The molecule has 1 heteroatoms. The van der Waals surface area contributed by atoms with Crippen LogP contribution in [0.2, 0.25) is 0 Å². The number of aryl methyl sites for hydroxylation is 2. The maximum absolute atomic E-state index is 4.24. The van der Waals surface area contributed by atoms with Crippen LogP contribution in [0.25, 0.3) is 6.08 Å². The molecule has 0 radical (unpaired) electrons. The molecule has 1 nitrogen and oxygen atoms in total.